The van der Waals surface area contributed by atoms with Crippen LogP contribution in [0.1, 0.15) is 5.56 Å². The second kappa shape index (κ2) is 3.89. The van der Waals surface area contributed by atoms with E-state index >= 15 is 0 Å². The predicted molar refractivity (Wildman–Crippen MR) is 31.4 cm³/mol. The maximum absolute atomic E-state index is 11.8. The van der Waals surface area contributed by atoms with Crippen molar-refractivity contribution in [2.45, 2.75) is 6.18 Å². The van der Waals surface area contributed by atoms with E-state index in [1.165, 1.54) is 12.1 Å². The molecule has 0 amide bonds. The molecule has 0 nitrogen and oxygen atoms in total. The van der Waals surface area contributed by atoms with E-state index in [9.17, 15) is 13.2 Å². The van der Waals surface area contributed by atoms with Crippen LogP contribution >= 0.6 is 0 Å². The van der Waals surface area contributed by atoms with E-state index < -0.39 is 11.7 Å². The molecule has 0 unspecified atom stereocenters. The van der Waals surface area contributed by atoms with Crippen molar-refractivity contribution in [3.05, 3.63) is 35.9 Å². The molecule has 0 aliphatic carbocycles. The number of halogens is 3. The zero-order valence-corrected chi connectivity index (χ0v) is 6.89. The zero-order chi connectivity index (χ0) is 7.61. The molecule has 0 N–H and O–H groups in total. The molecule has 1 rings (SSSR count). The van der Waals surface area contributed by atoms with Crippen LogP contribution in [0.4, 0.5) is 13.2 Å². The summed E-state index contributed by atoms with van der Waals surface area (Å²) in [4.78, 5) is 0. The summed E-state index contributed by atoms with van der Waals surface area (Å²) in [5, 5.41) is 0. The van der Waals surface area contributed by atoms with Crippen LogP contribution < -0.4 is 0 Å². The number of benzene rings is 1. The third-order valence-electron chi connectivity index (χ3n) is 1.10. The van der Waals surface area contributed by atoms with Crippen molar-refractivity contribution in [1.82, 2.24) is 0 Å². The second-order valence-corrected chi connectivity index (χ2v) is 1.86. The van der Waals surface area contributed by atoms with Crippen molar-refractivity contribution in [3.63, 3.8) is 0 Å². The molecule has 0 aliphatic rings. The monoisotopic (exact) mass is 252 g/mol. The molecule has 1 aromatic carbocycles. The van der Waals surface area contributed by atoms with Crippen LogP contribution in [0, 0.1) is 0 Å². The van der Waals surface area contributed by atoms with Gasteiger partial charge in [-0.25, -0.2) is 0 Å². The van der Waals surface area contributed by atoms with E-state index in [0.717, 1.165) is 12.1 Å². The Kier molecular flexibility index (Phi) is 3.78. The molecule has 0 saturated carbocycles. The Morgan fingerprint density at radius 1 is 0.909 bits per heavy atom. The molecule has 4 heteroatoms. The summed E-state index contributed by atoms with van der Waals surface area (Å²) in [6.45, 7) is 0. The SMILES string of the molecule is FC(F)(F)c1ccccc1.[Pd]. The van der Waals surface area contributed by atoms with E-state index in [4.69, 9.17) is 0 Å². The fourth-order valence-electron chi connectivity index (χ4n) is 0.627. The van der Waals surface area contributed by atoms with Crippen molar-refractivity contribution in [3.8, 4) is 0 Å². The minimum Gasteiger partial charge on any atom is -0.166 e. The summed E-state index contributed by atoms with van der Waals surface area (Å²) in [6.07, 6.45) is -4.21. The Hall–Kier alpha value is -0.328. The second-order valence-electron chi connectivity index (χ2n) is 1.86. The molecule has 0 aliphatic heterocycles. The quantitative estimate of drug-likeness (QED) is 0.623. The molecule has 0 saturated heterocycles. The fourth-order valence-corrected chi connectivity index (χ4v) is 0.627. The standard InChI is InChI=1S/C7H5F3.Pd/c8-7(9,10)6-4-2-1-3-5-6;/h1-5H;. The van der Waals surface area contributed by atoms with Gasteiger partial charge in [0.2, 0.25) is 0 Å². The third kappa shape index (κ3) is 3.05. The van der Waals surface area contributed by atoms with E-state index in [1.54, 1.807) is 6.07 Å². The maximum atomic E-state index is 11.8. The van der Waals surface area contributed by atoms with Gasteiger partial charge in [-0.15, -0.1) is 0 Å². The molecular weight excluding hydrogens is 247 g/mol. The van der Waals surface area contributed by atoms with E-state index in [1.807, 2.05) is 0 Å². The molecule has 0 bridgehead atoms. The summed E-state index contributed by atoms with van der Waals surface area (Å²) in [5.41, 5.74) is -0.602. The molecule has 0 radical (unpaired) electrons. The summed E-state index contributed by atoms with van der Waals surface area (Å²) < 4.78 is 35.4. The molecule has 0 fully saturated rings. The average Bonchev–Trinajstić information content (AvgIpc) is 1.88. The number of hydrogen-bond donors (Lipinski definition) is 0. The van der Waals surface area contributed by atoms with Gasteiger partial charge in [-0.2, -0.15) is 13.2 Å². The van der Waals surface area contributed by atoms with Gasteiger partial charge >= 0.3 is 6.18 Å². The predicted octanol–water partition coefficient (Wildman–Crippen LogP) is 2.70. The van der Waals surface area contributed by atoms with E-state index in [0.29, 0.717) is 0 Å². The van der Waals surface area contributed by atoms with Gasteiger partial charge < -0.3 is 0 Å². The van der Waals surface area contributed by atoms with E-state index in [2.05, 4.69) is 0 Å². The topological polar surface area (TPSA) is 0 Å². The normalized spacial score (nSPS) is 10.5. The Morgan fingerprint density at radius 3 is 1.64 bits per heavy atom. The molecule has 0 aromatic heterocycles. The Balaban J connectivity index is 0.000001000. The first-order valence-corrected chi connectivity index (χ1v) is 2.73. The first-order chi connectivity index (χ1) is 4.61. The Bertz CT molecular complexity index is 205. The van der Waals surface area contributed by atoms with Gasteiger partial charge in [-0.05, 0) is 0 Å². The van der Waals surface area contributed by atoms with Gasteiger partial charge in [-0.3, -0.25) is 0 Å². The van der Waals surface area contributed by atoms with Crippen LogP contribution in [0.15, 0.2) is 30.3 Å². The van der Waals surface area contributed by atoms with Gasteiger partial charge in [0.15, 0.2) is 0 Å². The fraction of sp³-hybridized carbons (Fsp3) is 0.143. The van der Waals surface area contributed by atoms with Crippen molar-refractivity contribution < 1.29 is 33.6 Å². The molecule has 0 atom stereocenters. The number of alkyl halides is 3. The van der Waals surface area contributed by atoms with Gasteiger partial charge in [-0.1, -0.05) is 30.3 Å². The van der Waals surface area contributed by atoms with Crippen LogP contribution in [-0.2, 0) is 26.6 Å². The summed E-state index contributed by atoms with van der Waals surface area (Å²) in [6, 6.07) is 6.36. The van der Waals surface area contributed by atoms with Crippen LogP contribution in [-0.4, -0.2) is 0 Å². The molecule has 1 aromatic rings. The van der Waals surface area contributed by atoms with Gasteiger partial charge in [0, 0.05) is 20.4 Å². The molecular formula is C7H5F3Pd. The molecule has 0 heterocycles. The summed E-state index contributed by atoms with van der Waals surface area (Å²) in [7, 11) is 0. The van der Waals surface area contributed by atoms with Crippen molar-refractivity contribution in [2.75, 3.05) is 0 Å². The first-order valence-electron chi connectivity index (χ1n) is 2.73. The van der Waals surface area contributed by atoms with Gasteiger partial charge in [0.1, 0.15) is 0 Å². The van der Waals surface area contributed by atoms with Gasteiger partial charge in [0.25, 0.3) is 0 Å². The largest absolute Gasteiger partial charge is 0.416 e. The van der Waals surface area contributed by atoms with Crippen LogP contribution in [0.2, 0.25) is 0 Å². The number of rotatable bonds is 0. The van der Waals surface area contributed by atoms with Crippen LogP contribution in [0.3, 0.4) is 0 Å². The van der Waals surface area contributed by atoms with Gasteiger partial charge in [0.05, 0.1) is 5.56 Å². The molecule has 0 spiro atoms. The molecule has 11 heavy (non-hydrogen) atoms. The van der Waals surface area contributed by atoms with Crippen LogP contribution in [0.25, 0.3) is 0 Å². The van der Waals surface area contributed by atoms with Crippen molar-refractivity contribution in [1.29, 1.82) is 0 Å². The molecule has 64 valence electrons. The zero-order valence-electron chi connectivity index (χ0n) is 5.34. The Labute approximate surface area is 76.1 Å². The smallest absolute Gasteiger partial charge is 0.166 e. The Morgan fingerprint density at radius 2 is 1.36 bits per heavy atom. The first kappa shape index (κ1) is 10.7. The summed E-state index contributed by atoms with van der Waals surface area (Å²) >= 11 is 0. The average molecular weight is 253 g/mol. The van der Waals surface area contributed by atoms with Crippen molar-refractivity contribution in [2.24, 2.45) is 0 Å². The van der Waals surface area contributed by atoms with Crippen molar-refractivity contribution >= 4 is 0 Å². The van der Waals surface area contributed by atoms with E-state index in [-0.39, 0.29) is 20.4 Å². The number of hydrogen-bond acceptors (Lipinski definition) is 0. The minimum absolute atomic E-state index is 0. The third-order valence-corrected chi connectivity index (χ3v) is 1.10. The maximum Gasteiger partial charge on any atom is 0.416 e. The minimum atomic E-state index is -4.21. The summed E-state index contributed by atoms with van der Waals surface area (Å²) in [5.74, 6) is 0. The van der Waals surface area contributed by atoms with Crippen LogP contribution in [0.5, 0.6) is 0 Å².